The van der Waals surface area contributed by atoms with Crippen LogP contribution in [0.4, 0.5) is 0 Å². The fourth-order valence-electron chi connectivity index (χ4n) is 3.35. The van der Waals surface area contributed by atoms with Gasteiger partial charge >= 0.3 is 5.97 Å². The Labute approximate surface area is 189 Å². The zero-order valence-electron chi connectivity index (χ0n) is 18.0. The predicted molar refractivity (Wildman–Crippen MR) is 111 cm³/mol. The molecule has 11 nitrogen and oxygen atoms in total. The lowest BCUT2D eigenvalue weighted by Gasteiger charge is -2.39. The van der Waals surface area contributed by atoms with Gasteiger partial charge in [0.15, 0.2) is 0 Å². The smallest absolute Gasteiger partial charge is 0.346 e. The van der Waals surface area contributed by atoms with Crippen LogP contribution in [0, 0.1) is 0 Å². The summed E-state index contributed by atoms with van der Waals surface area (Å²) in [7, 11) is 2.79. The number of hydrogen-bond donors (Lipinski definition) is 5. The van der Waals surface area contributed by atoms with Crippen molar-refractivity contribution in [3.63, 3.8) is 0 Å². The van der Waals surface area contributed by atoms with Crippen molar-refractivity contribution in [2.75, 3.05) is 20.8 Å². The first kappa shape index (κ1) is 24.6. The Morgan fingerprint density at radius 3 is 2.24 bits per heavy atom. The highest BCUT2D eigenvalue weighted by molar-refractivity contribution is 5.95. The van der Waals surface area contributed by atoms with Crippen molar-refractivity contribution >= 4 is 5.97 Å². The highest BCUT2D eigenvalue weighted by Crippen LogP contribution is 2.32. The lowest BCUT2D eigenvalue weighted by molar-refractivity contribution is -0.277. The number of esters is 1. The first-order valence-electron chi connectivity index (χ1n) is 9.97. The van der Waals surface area contributed by atoms with Crippen LogP contribution in [0.2, 0.25) is 0 Å². The first-order chi connectivity index (χ1) is 15.8. The summed E-state index contributed by atoms with van der Waals surface area (Å²) < 4.78 is 26.7. The average molecular weight is 466 g/mol. The molecule has 11 heteroatoms. The van der Waals surface area contributed by atoms with E-state index in [-0.39, 0.29) is 40.7 Å². The molecule has 5 N–H and O–H groups in total. The average Bonchev–Trinajstić information content (AvgIpc) is 2.83. The highest BCUT2D eigenvalue weighted by atomic mass is 16.7. The van der Waals surface area contributed by atoms with E-state index in [1.54, 1.807) is 18.2 Å². The van der Waals surface area contributed by atoms with Crippen molar-refractivity contribution in [2.45, 2.75) is 37.3 Å². The number of phenolic OH excluding ortho intramolecular Hbond substituents is 1. The van der Waals surface area contributed by atoms with E-state index < -0.39 is 43.3 Å². The van der Waals surface area contributed by atoms with Crippen LogP contribution in [0.5, 0.6) is 23.0 Å². The van der Waals surface area contributed by atoms with Crippen molar-refractivity contribution in [1.29, 1.82) is 0 Å². The van der Waals surface area contributed by atoms with E-state index in [2.05, 4.69) is 0 Å². The molecule has 1 aliphatic rings. The molecule has 1 heterocycles. The van der Waals surface area contributed by atoms with Crippen LogP contribution < -0.4 is 14.2 Å². The fraction of sp³-hybridized carbons (Fsp3) is 0.409. The summed E-state index contributed by atoms with van der Waals surface area (Å²) in [5.74, 6) is -0.346. The monoisotopic (exact) mass is 466 g/mol. The molecule has 0 bridgehead atoms. The maximum absolute atomic E-state index is 12.7. The third-order valence-corrected chi connectivity index (χ3v) is 5.13. The van der Waals surface area contributed by atoms with E-state index in [0.29, 0.717) is 0 Å². The van der Waals surface area contributed by atoms with E-state index in [9.17, 15) is 30.3 Å². The summed E-state index contributed by atoms with van der Waals surface area (Å²) in [5.41, 5.74) is 0.285. The Bertz CT molecular complexity index is 939. The van der Waals surface area contributed by atoms with Crippen molar-refractivity contribution in [3.8, 4) is 23.0 Å². The quantitative estimate of drug-likeness (QED) is 0.331. The Morgan fingerprint density at radius 1 is 0.970 bits per heavy atom. The fourth-order valence-corrected chi connectivity index (χ4v) is 3.35. The lowest BCUT2D eigenvalue weighted by Crippen LogP contribution is -2.60. The summed E-state index contributed by atoms with van der Waals surface area (Å²) in [6.45, 7) is -0.965. The van der Waals surface area contributed by atoms with Gasteiger partial charge in [-0.1, -0.05) is 6.07 Å². The topological polar surface area (TPSA) is 164 Å². The number of aliphatic hydroxyl groups excluding tert-OH is 4. The minimum absolute atomic E-state index is 0.0666. The summed E-state index contributed by atoms with van der Waals surface area (Å²) >= 11 is 0. The Kier molecular flexibility index (Phi) is 7.95. The third kappa shape index (κ3) is 5.29. The molecule has 0 radical (unpaired) electrons. The zero-order valence-corrected chi connectivity index (χ0v) is 18.0. The van der Waals surface area contributed by atoms with Crippen LogP contribution in [0.1, 0.15) is 15.9 Å². The molecule has 0 unspecified atom stereocenters. The van der Waals surface area contributed by atoms with Gasteiger partial charge in [0.25, 0.3) is 0 Å². The Morgan fingerprint density at radius 2 is 1.64 bits per heavy atom. The van der Waals surface area contributed by atoms with Crippen LogP contribution in [0.15, 0.2) is 36.4 Å². The van der Waals surface area contributed by atoms with Crippen molar-refractivity contribution < 1.29 is 54.0 Å². The van der Waals surface area contributed by atoms with Crippen molar-refractivity contribution in [1.82, 2.24) is 0 Å². The number of rotatable bonds is 8. The van der Waals surface area contributed by atoms with E-state index >= 15 is 0 Å². The highest BCUT2D eigenvalue weighted by Gasteiger charge is 2.44. The van der Waals surface area contributed by atoms with Gasteiger partial charge in [0.2, 0.25) is 6.29 Å². The second-order valence-electron chi connectivity index (χ2n) is 7.22. The van der Waals surface area contributed by atoms with Crippen LogP contribution in [0.25, 0.3) is 0 Å². The van der Waals surface area contributed by atoms with E-state index in [1.165, 1.54) is 32.4 Å². The molecule has 5 atom stereocenters. The van der Waals surface area contributed by atoms with Gasteiger partial charge in [-0.2, -0.15) is 0 Å². The third-order valence-electron chi connectivity index (χ3n) is 5.13. The summed E-state index contributed by atoms with van der Waals surface area (Å²) in [4.78, 5) is 12.7. The molecular formula is C22H26O11. The number of carbonyl (C=O) groups excluding carboxylic acids is 1. The summed E-state index contributed by atoms with van der Waals surface area (Å²) in [6, 6.07) is 8.72. The Hall–Kier alpha value is -3.09. The van der Waals surface area contributed by atoms with Gasteiger partial charge in [-0.3, -0.25) is 0 Å². The lowest BCUT2D eigenvalue weighted by atomic mass is 9.99. The first-order valence-corrected chi connectivity index (χ1v) is 9.97. The molecule has 1 fully saturated rings. The van der Waals surface area contributed by atoms with Gasteiger partial charge in [-0.25, -0.2) is 4.79 Å². The second kappa shape index (κ2) is 10.7. The van der Waals surface area contributed by atoms with E-state index in [1.807, 2.05) is 0 Å². The normalized spacial score (nSPS) is 24.7. The largest absolute Gasteiger partial charge is 0.508 e. The molecule has 0 aliphatic carbocycles. The molecular weight excluding hydrogens is 440 g/mol. The van der Waals surface area contributed by atoms with E-state index in [4.69, 9.17) is 23.7 Å². The standard InChI is InChI=1S/C22H26O11/c1-29-14-4-3-5-15(30-2)17(14)21(28)31-10-11-8-12(24)6-7-13(11)32-22-20(27)19(26)18(25)16(9-23)33-22/h3-8,16,18-20,22-27H,9-10H2,1-2H3/t16-,18-,19+,20-,22-/m1/s1. The predicted octanol–water partition coefficient (Wildman–Crippen LogP) is -0.0549. The van der Waals surface area contributed by atoms with Crippen LogP contribution in [-0.4, -0.2) is 83.0 Å². The van der Waals surface area contributed by atoms with Crippen LogP contribution >= 0.6 is 0 Å². The zero-order chi connectivity index (χ0) is 24.1. The van der Waals surface area contributed by atoms with Gasteiger partial charge in [-0.15, -0.1) is 0 Å². The van der Waals surface area contributed by atoms with Crippen LogP contribution in [0.3, 0.4) is 0 Å². The number of aromatic hydroxyl groups is 1. The number of phenols is 1. The number of ether oxygens (including phenoxy) is 5. The number of methoxy groups -OCH3 is 2. The molecule has 0 aromatic heterocycles. The van der Waals surface area contributed by atoms with Gasteiger partial charge in [0, 0.05) is 5.56 Å². The molecule has 0 spiro atoms. The van der Waals surface area contributed by atoms with Crippen molar-refractivity contribution in [3.05, 3.63) is 47.5 Å². The molecule has 3 rings (SSSR count). The van der Waals surface area contributed by atoms with Crippen molar-refractivity contribution in [2.24, 2.45) is 0 Å². The Balaban J connectivity index is 1.79. The maximum atomic E-state index is 12.7. The maximum Gasteiger partial charge on any atom is 0.346 e. The number of aliphatic hydroxyl groups is 4. The van der Waals surface area contributed by atoms with Gasteiger partial charge < -0.3 is 49.2 Å². The molecule has 2 aromatic rings. The molecule has 2 aromatic carbocycles. The molecule has 1 aliphatic heterocycles. The minimum atomic E-state index is -1.63. The minimum Gasteiger partial charge on any atom is -0.508 e. The molecule has 1 saturated heterocycles. The molecule has 180 valence electrons. The van der Waals surface area contributed by atoms with Gasteiger partial charge in [-0.05, 0) is 30.3 Å². The SMILES string of the molecule is COc1cccc(OC)c1C(=O)OCc1cc(O)ccc1O[C@@H]1O[C@H](CO)[C@@H](O)[C@H](O)[C@H]1O. The second-order valence-corrected chi connectivity index (χ2v) is 7.22. The number of carbonyl (C=O) groups is 1. The van der Waals surface area contributed by atoms with Gasteiger partial charge in [0.1, 0.15) is 59.6 Å². The molecule has 0 amide bonds. The molecule has 0 saturated carbocycles. The van der Waals surface area contributed by atoms with Crippen LogP contribution in [-0.2, 0) is 16.1 Å². The molecule has 33 heavy (non-hydrogen) atoms. The van der Waals surface area contributed by atoms with Gasteiger partial charge in [0.05, 0.1) is 20.8 Å². The van der Waals surface area contributed by atoms with E-state index in [0.717, 1.165) is 0 Å². The number of benzene rings is 2. The number of hydrogen-bond acceptors (Lipinski definition) is 11. The summed E-state index contributed by atoms with van der Waals surface area (Å²) in [6.07, 6.45) is -7.42. The summed E-state index contributed by atoms with van der Waals surface area (Å²) in [5, 5.41) is 49.3.